The first-order chi connectivity index (χ1) is 14.5. The Labute approximate surface area is 176 Å². The lowest BCUT2D eigenvalue weighted by Crippen LogP contribution is -2.28. The van der Waals surface area contributed by atoms with Crippen LogP contribution in [-0.4, -0.2) is 31.9 Å². The van der Waals surface area contributed by atoms with E-state index in [1.807, 2.05) is 38.1 Å². The van der Waals surface area contributed by atoms with Gasteiger partial charge in [-0.3, -0.25) is 0 Å². The van der Waals surface area contributed by atoms with Gasteiger partial charge in [-0.1, -0.05) is 0 Å². The van der Waals surface area contributed by atoms with Gasteiger partial charge in [0.2, 0.25) is 0 Å². The number of hydrogen-bond acceptors (Lipinski definition) is 4. The van der Waals surface area contributed by atoms with Crippen LogP contribution in [0, 0.1) is 13.8 Å². The highest BCUT2D eigenvalue weighted by molar-refractivity contribution is 5.89. The third-order valence-corrected chi connectivity index (χ3v) is 4.95. The standard InChI is InChI=1S/C23H27N3O4/c1-15-12-17(16(2)26(15)19-7-9-20(28-3)10-8-19)14-24-23(27)25-18-6-11-21(29-4)22(13-18)30-5/h6-13H,14H2,1-5H3,(H2,24,25,27). The van der Waals surface area contributed by atoms with Crippen molar-refractivity contribution >= 4 is 11.7 Å². The van der Waals surface area contributed by atoms with E-state index in [0.29, 0.717) is 23.7 Å². The van der Waals surface area contributed by atoms with E-state index in [0.717, 1.165) is 28.4 Å². The second-order valence-electron chi connectivity index (χ2n) is 6.81. The van der Waals surface area contributed by atoms with Crippen molar-refractivity contribution in [2.75, 3.05) is 26.6 Å². The Bertz CT molecular complexity index is 1030. The fraction of sp³-hybridized carbons (Fsp3) is 0.261. The van der Waals surface area contributed by atoms with E-state index in [2.05, 4.69) is 21.3 Å². The molecule has 2 aromatic carbocycles. The molecule has 0 aliphatic rings. The molecule has 2 amide bonds. The summed E-state index contributed by atoms with van der Waals surface area (Å²) < 4.78 is 17.9. The molecule has 30 heavy (non-hydrogen) atoms. The van der Waals surface area contributed by atoms with Gasteiger partial charge in [0.15, 0.2) is 11.5 Å². The summed E-state index contributed by atoms with van der Waals surface area (Å²) >= 11 is 0. The van der Waals surface area contributed by atoms with E-state index in [9.17, 15) is 4.79 Å². The Morgan fingerprint density at radius 2 is 1.60 bits per heavy atom. The predicted molar refractivity (Wildman–Crippen MR) is 117 cm³/mol. The number of ether oxygens (including phenoxy) is 3. The van der Waals surface area contributed by atoms with Gasteiger partial charge >= 0.3 is 6.03 Å². The largest absolute Gasteiger partial charge is 0.497 e. The number of benzene rings is 2. The highest BCUT2D eigenvalue weighted by Crippen LogP contribution is 2.29. The molecule has 0 aliphatic carbocycles. The molecule has 0 aliphatic heterocycles. The Hall–Kier alpha value is -3.61. The first-order valence-electron chi connectivity index (χ1n) is 9.56. The summed E-state index contributed by atoms with van der Waals surface area (Å²) in [7, 11) is 4.78. The zero-order valence-electron chi connectivity index (χ0n) is 17.9. The number of hydrogen-bond donors (Lipinski definition) is 2. The van der Waals surface area contributed by atoms with Crippen LogP contribution >= 0.6 is 0 Å². The van der Waals surface area contributed by atoms with Crippen LogP contribution in [-0.2, 0) is 6.54 Å². The average molecular weight is 409 g/mol. The van der Waals surface area contributed by atoms with Crippen LogP contribution in [0.2, 0.25) is 0 Å². The SMILES string of the molecule is COc1ccc(-n2c(C)cc(CNC(=O)Nc3ccc(OC)c(OC)c3)c2C)cc1. The molecule has 1 heterocycles. The van der Waals surface area contributed by atoms with Crippen LogP contribution in [0.1, 0.15) is 17.0 Å². The Kier molecular flexibility index (Phi) is 6.51. The number of anilines is 1. The van der Waals surface area contributed by atoms with Gasteiger partial charge in [0.05, 0.1) is 21.3 Å². The molecule has 3 aromatic rings. The highest BCUT2D eigenvalue weighted by atomic mass is 16.5. The van der Waals surface area contributed by atoms with Crippen LogP contribution in [0.5, 0.6) is 17.2 Å². The molecule has 0 saturated carbocycles. The van der Waals surface area contributed by atoms with Crippen molar-refractivity contribution in [2.24, 2.45) is 0 Å². The molecule has 158 valence electrons. The molecule has 0 spiro atoms. The number of aryl methyl sites for hydroxylation is 1. The minimum Gasteiger partial charge on any atom is -0.497 e. The van der Waals surface area contributed by atoms with Crippen LogP contribution in [0.4, 0.5) is 10.5 Å². The van der Waals surface area contributed by atoms with Crippen LogP contribution in [0.15, 0.2) is 48.5 Å². The number of urea groups is 1. The van der Waals surface area contributed by atoms with Gasteiger partial charge in [-0.15, -0.1) is 0 Å². The maximum Gasteiger partial charge on any atom is 0.319 e. The molecule has 7 nitrogen and oxygen atoms in total. The Morgan fingerprint density at radius 1 is 0.900 bits per heavy atom. The maximum atomic E-state index is 12.4. The van der Waals surface area contributed by atoms with Gasteiger partial charge in [0, 0.05) is 35.4 Å². The molecule has 2 N–H and O–H groups in total. The first kappa shape index (κ1) is 21.1. The first-order valence-corrected chi connectivity index (χ1v) is 9.56. The average Bonchev–Trinajstić information content (AvgIpc) is 3.05. The van der Waals surface area contributed by atoms with Gasteiger partial charge in [-0.25, -0.2) is 4.79 Å². The molecule has 7 heteroatoms. The molecule has 0 saturated heterocycles. The normalized spacial score (nSPS) is 10.4. The van der Waals surface area contributed by atoms with E-state index in [4.69, 9.17) is 14.2 Å². The summed E-state index contributed by atoms with van der Waals surface area (Å²) in [5, 5.41) is 5.73. The molecule has 0 radical (unpaired) electrons. The van der Waals surface area contributed by atoms with Crippen LogP contribution < -0.4 is 24.8 Å². The molecule has 3 rings (SSSR count). The highest BCUT2D eigenvalue weighted by Gasteiger charge is 2.12. The lowest BCUT2D eigenvalue weighted by Gasteiger charge is -2.12. The molecule has 0 atom stereocenters. The number of nitrogens with zero attached hydrogens (tertiary/aromatic N) is 1. The fourth-order valence-corrected chi connectivity index (χ4v) is 3.40. The van der Waals surface area contributed by atoms with Crippen molar-refractivity contribution in [3.8, 4) is 22.9 Å². The zero-order chi connectivity index (χ0) is 21.7. The monoisotopic (exact) mass is 409 g/mol. The van der Waals surface area contributed by atoms with Gasteiger partial charge in [0.1, 0.15) is 5.75 Å². The van der Waals surface area contributed by atoms with E-state index in [-0.39, 0.29) is 6.03 Å². The van der Waals surface area contributed by atoms with Crippen molar-refractivity contribution < 1.29 is 19.0 Å². The molecular weight excluding hydrogens is 382 g/mol. The Morgan fingerprint density at radius 3 is 2.23 bits per heavy atom. The predicted octanol–water partition coefficient (Wildman–Crippen LogP) is 4.44. The minimum atomic E-state index is -0.295. The smallest absolute Gasteiger partial charge is 0.319 e. The lowest BCUT2D eigenvalue weighted by atomic mass is 10.2. The molecule has 0 bridgehead atoms. The summed E-state index contributed by atoms with van der Waals surface area (Å²) in [6, 6.07) is 14.9. The number of aromatic nitrogens is 1. The van der Waals surface area contributed by atoms with E-state index in [1.54, 1.807) is 39.5 Å². The Balaban J connectivity index is 1.68. The summed E-state index contributed by atoms with van der Waals surface area (Å²) in [6.07, 6.45) is 0. The van der Waals surface area contributed by atoms with Crippen molar-refractivity contribution in [1.82, 2.24) is 9.88 Å². The molecular formula is C23H27N3O4. The zero-order valence-corrected chi connectivity index (χ0v) is 17.9. The lowest BCUT2D eigenvalue weighted by molar-refractivity contribution is 0.251. The third-order valence-electron chi connectivity index (χ3n) is 4.95. The second kappa shape index (κ2) is 9.26. The van der Waals surface area contributed by atoms with Crippen molar-refractivity contribution in [1.29, 1.82) is 0 Å². The van der Waals surface area contributed by atoms with Gasteiger partial charge in [0.25, 0.3) is 0 Å². The number of amides is 2. The van der Waals surface area contributed by atoms with Crippen molar-refractivity contribution in [3.63, 3.8) is 0 Å². The van der Waals surface area contributed by atoms with E-state index >= 15 is 0 Å². The van der Waals surface area contributed by atoms with E-state index in [1.165, 1.54) is 0 Å². The van der Waals surface area contributed by atoms with Crippen LogP contribution in [0.25, 0.3) is 5.69 Å². The van der Waals surface area contributed by atoms with Crippen molar-refractivity contribution in [2.45, 2.75) is 20.4 Å². The van der Waals surface area contributed by atoms with Gasteiger partial charge < -0.3 is 29.4 Å². The number of methoxy groups -OCH3 is 3. The topological polar surface area (TPSA) is 73.8 Å². The molecule has 0 unspecified atom stereocenters. The fourth-order valence-electron chi connectivity index (χ4n) is 3.40. The minimum absolute atomic E-state index is 0.295. The molecule has 1 aromatic heterocycles. The summed E-state index contributed by atoms with van der Waals surface area (Å²) in [5.74, 6) is 1.97. The summed E-state index contributed by atoms with van der Waals surface area (Å²) in [5.41, 5.74) is 4.88. The summed E-state index contributed by atoms with van der Waals surface area (Å²) in [4.78, 5) is 12.4. The van der Waals surface area contributed by atoms with Gasteiger partial charge in [-0.05, 0) is 61.9 Å². The van der Waals surface area contributed by atoms with E-state index < -0.39 is 0 Å². The number of nitrogens with one attached hydrogen (secondary N) is 2. The summed E-state index contributed by atoms with van der Waals surface area (Å²) in [6.45, 7) is 4.50. The number of rotatable bonds is 7. The maximum absolute atomic E-state index is 12.4. The van der Waals surface area contributed by atoms with Crippen LogP contribution in [0.3, 0.4) is 0 Å². The van der Waals surface area contributed by atoms with Crippen molar-refractivity contribution in [3.05, 3.63) is 65.5 Å². The van der Waals surface area contributed by atoms with Gasteiger partial charge in [-0.2, -0.15) is 0 Å². The molecule has 0 fully saturated rings. The third kappa shape index (κ3) is 4.51. The number of carbonyl (C=O) groups excluding carboxylic acids is 1. The quantitative estimate of drug-likeness (QED) is 0.605. The second-order valence-corrected chi connectivity index (χ2v) is 6.81. The number of carbonyl (C=O) groups is 1.